The lowest BCUT2D eigenvalue weighted by molar-refractivity contribution is 0.0690. The number of aromatic nitrogens is 1. The smallest absolute Gasteiger partial charge is 0.354 e. The third-order valence-corrected chi connectivity index (χ3v) is 3.56. The summed E-state index contributed by atoms with van der Waals surface area (Å²) in [5, 5.41) is 9.48. The average Bonchev–Trinajstić information content (AvgIpc) is 2.44. The van der Waals surface area contributed by atoms with E-state index in [9.17, 15) is 4.79 Å². The highest BCUT2D eigenvalue weighted by molar-refractivity contribution is 7.99. The molecule has 0 aliphatic heterocycles. The summed E-state index contributed by atoms with van der Waals surface area (Å²) >= 11 is 7.37. The lowest BCUT2D eigenvalue weighted by Gasteiger charge is -2.06. The number of rotatable bonds is 6. The summed E-state index contributed by atoms with van der Waals surface area (Å²) in [5.74, 6) is 0.400. The molecular weight excluding hydrogens is 298 g/mol. The van der Waals surface area contributed by atoms with Gasteiger partial charge in [0.25, 0.3) is 0 Å². The van der Waals surface area contributed by atoms with Crippen LogP contribution in [0.4, 0.5) is 0 Å². The first kappa shape index (κ1) is 14.7. The first-order valence-electron chi connectivity index (χ1n) is 5.85. The highest BCUT2D eigenvalue weighted by Crippen LogP contribution is 2.20. The Kier molecular flexibility index (Phi) is 5.26. The molecule has 1 heterocycles. The summed E-state index contributed by atoms with van der Waals surface area (Å²) in [6, 6.07) is 10.5. The van der Waals surface area contributed by atoms with Crippen LogP contribution in [0.5, 0.6) is 5.75 Å². The number of carbonyl (C=O) groups is 1. The molecule has 1 aromatic carbocycles. The minimum absolute atomic E-state index is 0.0470. The van der Waals surface area contributed by atoms with Crippen molar-refractivity contribution in [2.75, 3.05) is 12.4 Å². The molecule has 0 bridgehead atoms. The minimum atomic E-state index is -1.03. The van der Waals surface area contributed by atoms with Crippen molar-refractivity contribution in [3.8, 4) is 5.75 Å². The van der Waals surface area contributed by atoms with E-state index in [0.717, 1.165) is 10.6 Å². The van der Waals surface area contributed by atoms with E-state index in [4.69, 9.17) is 21.4 Å². The lowest BCUT2D eigenvalue weighted by atomic mass is 10.3. The largest absolute Gasteiger partial charge is 0.493 e. The minimum Gasteiger partial charge on any atom is -0.493 e. The average molecular weight is 310 g/mol. The number of halogens is 1. The molecule has 0 amide bonds. The standard InChI is InChI=1S/C14H12ClNO3S/c15-10-2-1-3-11(8-10)19-6-7-20-12-4-5-16-13(9-12)14(17)18/h1-5,8-9H,6-7H2,(H,17,18). The van der Waals surface area contributed by atoms with Crippen LogP contribution in [-0.2, 0) is 0 Å². The van der Waals surface area contributed by atoms with E-state index in [1.807, 2.05) is 12.1 Å². The Morgan fingerprint density at radius 2 is 2.20 bits per heavy atom. The van der Waals surface area contributed by atoms with Crippen molar-refractivity contribution in [2.45, 2.75) is 4.90 Å². The molecule has 2 rings (SSSR count). The Labute approximate surface area is 125 Å². The SMILES string of the molecule is O=C(O)c1cc(SCCOc2cccc(Cl)c2)ccn1. The van der Waals surface area contributed by atoms with Crippen LogP contribution < -0.4 is 4.74 Å². The number of hydrogen-bond donors (Lipinski definition) is 1. The number of carboxylic acid groups (broad SMARTS) is 1. The maximum absolute atomic E-state index is 10.8. The van der Waals surface area contributed by atoms with Crippen molar-refractivity contribution in [2.24, 2.45) is 0 Å². The fourth-order valence-corrected chi connectivity index (χ4v) is 2.43. The monoisotopic (exact) mass is 309 g/mol. The van der Waals surface area contributed by atoms with E-state index in [2.05, 4.69) is 4.98 Å². The molecule has 0 radical (unpaired) electrons. The molecule has 0 saturated carbocycles. The van der Waals surface area contributed by atoms with Gasteiger partial charge in [-0.2, -0.15) is 0 Å². The summed E-state index contributed by atoms with van der Waals surface area (Å²) in [6.45, 7) is 0.510. The molecule has 6 heteroatoms. The van der Waals surface area contributed by atoms with Crippen LogP contribution in [0, 0.1) is 0 Å². The zero-order valence-corrected chi connectivity index (χ0v) is 12.0. The van der Waals surface area contributed by atoms with E-state index in [-0.39, 0.29) is 5.69 Å². The van der Waals surface area contributed by atoms with Crippen molar-refractivity contribution in [3.63, 3.8) is 0 Å². The molecule has 0 spiro atoms. The molecule has 1 aromatic heterocycles. The van der Waals surface area contributed by atoms with Gasteiger partial charge in [-0.05, 0) is 30.3 Å². The van der Waals surface area contributed by atoms with Crippen molar-refractivity contribution in [3.05, 3.63) is 53.3 Å². The lowest BCUT2D eigenvalue weighted by Crippen LogP contribution is -2.01. The van der Waals surface area contributed by atoms with Crippen molar-refractivity contribution < 1.29 is 14.6 Å². The van der Waals surface area contributed by atoms with Gasteiger partial charge in [-0.3, -0.25) is 0 Å². The van der Waals surface area contributed by atoms with Gasteiger partial charge in [0.2, 0.25) is 0 Å². The van der Waals surface area contributed by atoms with Gasteiger partial charge >= 0.3 is 5.97 Å². The normalized spacial score (nSPS) is 10.2. The van der Waals surface area contributed by atoms with Crippen molar-refractivity contribution >= 4 is 29.3 Å². The third kappa shape index (κ3) is 4.43. The van der Waals surface area contributed by atoms with E-state index in [0.29, 0.717) is 17.4 Å². The quantitative estimate of drug-likeness (QED) is 0.652. The Bertz CT molecular complexity index is 606. The zero-order chi connectivity index (χ0) is 14.4. The second-order valence-electron chi connectivity index (χ2n) is 3.84. The fraction of sp³-hybridized carbons (Fsp3) is 0.143. The molecule has 0 aliphatic carbocycles. The summed E-state index contributed by atoms with van der Waals surface area (Å²) in [7, 11) is 0. The Balaban J connectivity index is 1.81. The highest BCUT2D eigenvalue weighted by atomic mass is 35.5. The second kappa shape index (κ2) is 7.17. The molecule has 0 unspecified atom stereocenters. The van der Waals surface area contributed by atoms with Gasteiger partial charge in [0.15, 0.2) is 0 Å². The number of pyridine rings is 1. The van der Waals surface area contributed by atoms with Crippen LogP contribution in [0.2, 0.25) is 5.02 Å². The van der Waals surface area contributed by atoms with Crippen molar-refractivity contribution in [1.29, 1.82) is 0 Å². The summed E-state index contributed by atoms with van der Waals surface area (Å²) < 4.78 is 5.55. The molecule has 0 fully saturated rings. The topological polar surface area (TPSA) is 59.4 Å². The van der Waals surface area contributed by atoms with Gasteiger partial charge in [-0.1, -0.05) is 17.7 Å². The van der Waals surface area contributed by atoms with Gasteiger partial charge < -0.3 is 9.84 Å². The fourth-order valence-electron chi connectivity index (χ4n) is 1.49. The molecule has 0 saturated heterocycles. The van der Waals surface area contributed by atoms with E-state index >= 15 is 0 Å². The van der Waals surface area contributed by atoms with Gasteiger partial charge in [-0.25, -0.2) is 9.78 Å². The van der Waals surface area contributed by atoms with E-state index < -0.39 is 5.97 Å². The Hall–Kier alpha value is -1.72. The molecular formula is C14H12ClNO3S. The molecule has 0 aliphatic rings. The van der Waals surface area contributed by atoms with Crippen LogP contribution in [0.25, 0.3) is 0 Å². The molecule has 1 N–H and O–H groups in total. The Morgan fingerprint density at radius 3 is 2.95 bits per heavy atom. The Morgan fingerprint density at radius 1 is 1.35 bits per heavy atom. The number of carboxylic acids is 1. The summed E-state index contributed by atoms with van der Waals surface area (Å²) in [5.41, 5.74) is 0.0470. The van der Waals surface area contributed by atoms with Crippen LogP contribution in [0.3, 0.4) is 0 Å². The number of nitrogens with zero attached hydrogens (tertiary/aromatic N) is 1. The highest BCUT2D eigenvalue weighted by Gasteiger charge is 2.05. The first-order valence-corrected chi connectivity index (χ1v) is 7.22. The molecule has 4 nitrogen and oxygen atoms in total. The maximum atomic E-state index is 10.8. The van der Waals surface area contributed by atoms with Gasteiger partial charge in [-0.15, -0.1) is 11.8 Å². The molecule has 0 atom stereocenters. The first-order chi connectivity index (χ1) is 9.65. The summed E-state index contributed by atoms with van der Waals surface area (Å²) in [6.07, 6.45) is 1.49. The molecule has 2 aromatic rings. The second-order valence-corrected chi connectivity index (χ2v) is 5.44. The van der Waals surface area contributed by atoms with Crippen LogP contribution >= 0.6 is 23.4 Å². The third-order valence-electron chi connectivity index (χ3n) is 2.37. The van der Waals surface area contributed by atoms with Crippen LogP contribution in [0.1, 0.15) is 10.5 Å². The summed E-state index contributed by atoms with van der Waals surface area (Å²) in [4.78, 5) is 15.4. The van der Waals surface area contributed by atoms with Crippen molar-refractivity contribution in [1.82, 2.24) is 4.98 Å². The van der Waals surface area contributed by atoms with Gasteiger partial charge in [0.1, 0.15) is 11.4 Å². The zero-order valence-electron chi connectivity index (χ0n) is 10.5. The number of hydrogen-bond acceptors (Lipinski definition) is 4. The van der Waals surface area contributed by atoms with E-state index in [1.165, 1.54) is 18.0 Å². The van der Waals surface area contributed by atoms with Crippen LogP contribution in [0.15, 0.2) is 47.5 Å². The number of benzene rings is 1. The molecule has 104 valence electrons. The number of thioether (sulfide) groups is 1. The predicted molar refractivity (Wildman–Crippen MR) is 78.9 cm³/mol. The van der Waals surface area contributed by atoms with E-state index in [1.54, 1.807) is 24.3 Å². The van der Waals surface area contributed by atoms with Crippen LogP contribution in [-0.4, -0.2) is 28.4 Å². The van der Waals surface area contributed by atoms with Gasteiger partial charge in [0.05, 0.1) is 6.61 Å². The number of aromatic carboxylic acids is 1. The van der Waals surface area contributed by atoms with Gasteiger partial charge in [0, 0.05) is 21.9 Å². The molecule has 20 heavy (non-hydrogen) atoms. The number of ether oxygens (including phenoxy) is 1. The predicted octanol–water partition coefficient (Wildman–Crippen LogP) is 3.60. The maximum Gasteiger partial charge on any atom is 0.354 e.